The molecule has 4 heteroatoms. The molecule has 0 aliphatic heterocycles. The van der Waals surface area contributed by atoms with Gasteiger partial charge in [-0.25, -0.2) is 9.97 Å². The van der Waals surface area contributed by atoms with Gasteiger partial charge in [0.2, 0.25) is 0 Å². The number of thiophene rings is 1. The Morgan fingerprint density at radius 1 is 1.12 bits per heavy atom. The quantitative estimate of drug-likeness (QED) is 0.609. The number of fused-ring (bicyclic) bond motifs is 1. The van der Waals surface area contributed by atoms with Crippen LogP contribution in [-0.4, -0.2) is 9.97 Å². The summed E-state index contributed by atoms with van der Waals surface area (Å²) in [6, 6.07) is 10.2. The molecular formula is C13H9ClN2S. The number of aryl methyl sites for hydroxylation is 1. The third-order valence-electron chi connectivity index (χ3n) is 2.57. The summed E-state index contributed by atoms with van der Waals surface area (Å²) in [4.78, 5) is 8.66. The zero-order chi connectivity index (χ0) is 11.8. The van der Waals surface area contributed by atoms with Gasteiger partial charge in [-0.15, -0.1) is 11.3 Å². The van der Waals surface area contributed by atoms with Crippen molar-refractivity contribution in [1.82, 2.24) is 9.97 Å². The van der Waals surface area contributed by atoms with Gasteiger partial charge in [0.05, 0.1) is 10.2 Å². The molecular weight excluding hydrogens is 252 g/mol. The molecule has 0 saturated heterocycles. The highest BCUT2D eigenvalue weighted by molar-refractivity contribution is 7.18. The van der Waals surface area contributed by atoms with Crippen molar-refractivity contribution >= 4 is 33.2 Å². The predicted octanol–water partition coefficient (Wildman–Crippen LogP) is 4.32. The van der Waals surface area contributed by atoms with Gasteiger partial charge in [-0.05, 0) is 12.5 Å². The lowest BCUT2D eigenvalue weighted by Gasteiger charge is -2.00. The van der Waals surface area contributed by atoms with Crippen LogP contribution >= 0.6 is 22.9 Å². The number of halogens is 1. The first-order valence-electron chi connectivity index (χ1n) is 5.22. The monoisotopic (exact) mass is 260 g/mol. The summed E-state index contributed by atoms with van der Waals surface area (Å²) >= 11 is 7.71. The van der Waals surface area contributed by atoms with Gasteiger partial charge in [0.1, 0.15) is 5.82 Å². The van der Waals surface area contributed by atoms with E-state index in [0.717, 1.165) is 21.3 Å². The van der Waals surface area contributed by atoms with Crippen molar-refractivity contribution < 1.29 is 0 Å². The number of rotatable bonds is 1. The lowest BCUT2D eigenvalue weighted by Crippen LogP contribution is -1.88. The molecule has 2 aromatic heterocycles. The summed E-state index contributed by atoms with van der Waals surface area (Å²) < 4.78 is 0.955. The van der Waals surface area contributed by atoms with Crippen molar-refractivity contribution in [3.05, 3.63) is 46.7 Å². The minimum atomic E-state index is 0.541. The first kappa shape index (κ1) is 10.7. The van der Waals surface area contributed by atoms with Gasteiger partial charge in [-0.3, -0.25) is 0 Å². The van der Waals surface area contributed by atoms with Gasteiger partial charge in [-0.2, -0.15) is 0 Å². The number of benzene rings is 1. The summed E-state index contributed by atoms with van der Waals surface area (Å²) in [5, 5.41) is 2.62. The van der Waals surface area contributed by atoms with Crippen LogP contribution in [0.4, 0.5) is 0 Å². The fourth-order valence-electron chi connectivity index (χ4n) is 1.81. The van der Waals surface area contributed by atoms with E-state index >= 15 is 0 Å². The molecule has 0 amide bonds. The third kappa shape index (κ3) is 1.81. The maximum absolute atomic E-state index is 6.12. The molecule has 3 rings (SSSR count). The Kier molecular flexibility index (Phi) is 2.57. The zero-order valence-corrected chi connectivity index (χ0v) is 10.7. The number of aromatic nitrogens is 2. The SMILES string of the molecule is Cc1nc(Cl)c2scc(-c3ccccc3)c2n1. The van der Waals surface area contributed by atoms with E-state index in [0.29, 0.717) is 11.0 Å². The number of hydrogen-bond acceptors (Lipinski definition) is 3. The minimum Gasteiger partial charge on any atom is -0.232 e. The van der Waals surface area contributed by atoms with Crippen LogP contribution in [-0.2, 0) is 0 Å². The highest BCUT2D eigenvalue weighted by Crippen LogP contribution is 2.35. The molecule has 0 fully saturated rings. The van der Waals surface area contributed by atoms with E-state index < -0.39 is 0 Å². The largest absolute Gasteiger partial charge is 0.232 e. The van der Waals surface area contributed by atoms with Gasteiger partial charge in [0.15, 0.2) is 5.15 Å². The smallest absolute Gasteiger partial charge is 0.150 e. The summed E-state index contributed by atoms with van der Waals surface area (Å²) in [6.07, 6.45) is 0. The maximum atomic E-state index is 6.12. The molecule has 0 aliphatic carbocycles. The van der Waals surface area contributed by atoms with E-state index in [1.807, 2.05) is 25.1 Å². The number of hydrogen-bond donors (Lipinski definition) is 0. The summed E-state index contributed by atoms with van der Waals surface area (Å²) in [5.74, 6) is 0.707. The molecule has 1 aromatic carbocycles. The van der Waals surface area contributed by atoms with Crippen molar-refractivity contribution in [2.24, 2.45) is 0 Å². The Bertz CT molecular complexity index is 676. The first-order valence-corrected chi connectivity index (χ1v) is 6.48. The van der Waals surface area contributed by atoms with Crippen LogP contribution < -0.4 is 0 Å². The van der Waals surface area contributed by atoms with Crippen LogP contribution in [0.25, 0.3) is 21.3 Å². The van der Waals surface area contributed by atoms with Crippen LogP contribution in [0.15, 0.2) is 35.7 Å². The summed E-state index contributed by atoms with van der Waals surface area (Å²) in [5.41, 5.74) is 3.23. The van der Waals surface area contributed by atoms with Crippen molar-refractivity contribution in [2.75, 3.05) is 0 Å². The van der Waals surface area contributed by atoms with Crippen LogP contribution in [0.5, 0.6) is 0 Å². The molecule has 84 valence electrons. The fourth-order valence-corrected chi connectivity index (χ4v) is 3.05. The van der Waals surface area contributed by atoms with Crippen molar-refractivity contribution in [1.29, 1.82) is 0 Å². The average molecular weight is 261 g/mol. The molecule has 0 atom stereocenters. The van der Waals surface area contributed by atoms with Crippen molar-refractivity contribution in [2.45, 2.75) is 6.92 Å². The molecule has 17 heavy (non-hydrogen) atoms. The van der Waals surface area contributed by atoms with Crippen LogP contribution in [0.2, 0.25) is 5.15 Å². The van der Waals surface area contributed by atoms with Crippen LogP contribution in [0.1, 0.15) is 5.82 Å². The Labute approximate surface area is 108 Å². The standard InChI is InChI=1S/C13H9ClN2S/c1-8-15-11-10(9-5-3-2-4-6-9)7-17-12(11)13(14)16-8/h2-7H,1H3. The highest BCUT2D eigenvalue weighted by Gasteiger charge is 2.11. The molecule has 0 bridgehead atoms. The Morgan fingerprint density at radius 2 is 1.88 bits per heavy atom. The van der Waals surface area contributed by atoms with E-state index in [1.54, 1.807) is 11.3 Å². The zero-order valence-electron chi connectivity index (χ0n) is 9.14. The second-order valence-corrected chi connectivity index (χ2v) is 4.99. The topological polar surface area (TPSA) is 25.8 Å². The molecule has 0 aliphatic rings. The van der Waals surface area contributed by atoms with Gasteiger partial charge >= 0.3 is 0 Å². The molecule has 0 saturated carbocycles. The Hall–Kier alpha value is -1.45. The summed E-state index contributed by atoms with van der Waals surface area (Å²) in [6.45, 7) is 1.86. The molecule has 3 aromatic rings. The van der Waals surface area contributed by atoms with Crippen LogP contribution in [0, 0.1) is 6.92 Å². The van der Waals surface area contributed by atoms with Crippen molar-refractivity contribution in [3.8, 4) is 11.1 Å². The van der Waals surface area contributed by atoms with Crippen molar-refractivity contribution in [3.63, 3.8) is 0 Å². The molecule has 2 nitrogen and oxygen atoms in total. The first-order chi connectivity index (χ1) is 8.25. The Morgan fingerprint density at radius 3 is 2.65 bits per heavy atom. The highest BCUT2D eigenvalue weighted by atomic mass is 35.5. The van der Waals surface area contributed by atoms with Gasteiger partial charge in [0, 0.05) is 10.9 Å². The lowest BCUT2D eigenvalue weighted by atomic mass is 10.1. The number of nitrogens with zero attached hydrogens (tertiary/aromatic N) is 2. The van der Waals surface area contributed by atoms with Crippen LogP contribution in [0.3, 0.4) is 0 Å². The predicted molar refractivity (Wildman–Crippen MR) is 72.6 cm³/mol. The average Bonchev–Trinajstić information content (AvgIpc) is 2.74. The van der Waals surface area contributed by atoms with Gasteiger partial charge in [-0.1, -0.05) is 41.9 Å². The van der Waals surface area contributed by atoms with E-state index in [1.165, 1.54) is 0 Å². The van der Waals surface area contributed by atoms with E-state index in [9.17, 15) is 0 Å². The third-order valence-corrected chi connectivity index (χ3v) is 3.93. The molecule has 0 unspecified atom stereocenters. The molecule has 0 radical (unpaired) electrons. The maximum Gasteiger partial charge on any atom is 0.150 e. The molecule has 2 heterocycles. The normalized spacial score (nSPS) is 10.9. The lowest BCUT2D eigenvalue weighted by molar-refractivity contribution is 1.10. The van der Waals surface area contributed by atoms with E-state index in [4.69, 9.17) is 11.6 Å². The molecule has 0 N–H and O–H groups in total. The van der Waals surface area contributed by atoms with E-state index in [-0.39, 0.29) is 0 Å². The fraction of sp³-hybridized carbons (Fsp3) is 0.0769. The second-order valence-electron chi connectivity index (χ2n) is 3.75. The second kappa shape index (κ2) is 4.09. The molecule has 0 spiro atoms. The summed E-state index contributed by atoms with van der Waals surface area (Å²) in [7, 11) is 0. The Balaban J connectivity index is 2.32. The van der Waals surface area contributed by atoms with Gasteiger partial charge in [0.25, 0.3) is 0 Å². The minimum absolute atomic E-state index is 0.541. The van der Waals surface area contributed by atoms with Gasteiger partial charge < -0.3 is 0 Å². The van der Waals surface area contributed by atoms with E-state index in [2.05, 4.69) is 27.5 Å².